The first-order chi connectivity index (χ1) is 29.7. The maximum absolute atomic E-state index is 7.20. The zero-order chi connectivity index (χ0) is 42.6. The third-order valence-corrected chi connectivity index (χ3v) is 14.5. The molecule has 0 unspecified atom stereocenters. The molecule has 0 radical (unpaired) electrons. The summed E-state index contributed by atoms with van der Waals surface area (Å²) in [5, 5.41) is 4.76. The molecule has 0 atom stereocenters. The first kappa shape index (κ1) is 37.3. The van der Waals surface area contributed by atoms with Crippen molar-refractivity contribution in [2.75, 3.05) is 9.71 Å². The highest BCUT2D eigenvalue weighted by atomic mass is 16.3. The summed E-state index contributed by atoms with van der Waals surface area (Å²) in [5.74, 6) is 0. The number of hydrogen-bond donors (Lipinski definition) is 0. The highest BCUT2D eigenvalue weighted by Gasteiger charge is 2.49. The Morgan fingerprint density at radius 2 is 1.23 bits per heavy atom. The average molecular weight is 803 g/mol. The number of hydrogen-bond acceptors (Lipinski definition) is 3. The molecule has 3 aliphatic rings. The van der Waals surface area contributed by atoms with Gasteiger partial charge in [-0.05, 0) is 126 Å². The number of anilines is 5. The van der Waals surface area contributed by atoms with E-state index in [1.807, 2.05) is 0 Å². The molecule has 3 heterocycles. The summed E-state index contributed by atoms with van der Waals surface area (Å²) in [5.41, 5.74) is 21.9. The molecule has 0 amide bonds. The Morgan fingerprint density at radius 3 is 1.98 bits per heavy atom. The summed E-state index contributed by atoms with van der Waals surface area (Å²) in [4.78, 5) is 5.24. The summed E-state index contributed by atoms with van der Waals surface area (Å²) in [6, 6.07) is 55.4. The molecule has 0 saturated heterocycles. The van der Waals surface area contributed by atoms with Crippen molar-refractivity contribution < 1.29 is 4.42 Å². The molecule has 0 spiro atoms. The second-order valence-electron chi connectivity index (χ2n) is 20.6. The van der Waals surface area contributed by atoms with Gasteiger partial charge in [0.25, 0.3) is 0 Å². The van der Waals surface area contributed by atoms with Gasteiger partial charge in [0.2, 0.25) is 0 Å². The quantitative estimate of drug-likeness (QED) is 0.162. The van der Waals surface area contributed by atoms with Gasteiger partial charge in [0.15, 0.2) is 5.58 Å². The van der Waals surface area contributed by atoms with Crippen LogP contribution in [-0.2, 0) is 16.2 Å². The largest absolute Gasteiger partial charge is 0.454 e. The van der Waals surface area contributed by atoms with Gasteiger partial charge in [-0.15, -0.1) is 0 Å². The Kier molecular flexibility index (Phi) is 7.54. The van der Waals surface area contributed by atoms with Crippen molar-refractivity contribution in [3.05, 3.63) is 173 Å². The fourth-order valence-corrected chi connectivity index (χ4v) is 11.2. The minimum absolute atomic E-state index is 0.0105. The van der Waals surface area contributed by atoms with Crippen LogP contribution in [0.2, 0.25) is 0 Å². The summed E-state index contributed by atoms with van der Waals surface area (Å²) in [6.07, 6.45) is 0. The highest BCUT2D eigenvalue weighted by Crippen LogP contribution is 2.55. The number of furan rings is 1. The second-order valence-corrected chi connectivity index (χ2v) is 20.6. The van der Waals surface area contributed by atoms with Gasteiger partial charge < -0.3 is 14.1 Å². The fraction of sp³-hybridized carbons (Fsp3) is 0.207. The van der Waals surface area contributed by atoms with Crippen LogP contribution in [-0.4, -0.2) is 6.85 Å². The van der Waals surface area contributed by atoms with Gasteiger partial charge in [0.05, 0.1) is 5.69 Å². The van der Waals surface area contributed by atoms with E-state index in [-0.39, 0.29) is 23.1 Å². The average Bonchev–Trinajstić information content (AvgIpc) is 3.74. The smallest absolute Gasteiger partial charge is 0.333 e. The van der Waals surface area contributed by atoms with Crippen molar-refractivity contribution in [3.8, 4) is 22.3 Å². The molecule has 0 fully saturated rings. The van der Waals surface area contributed by atoms with Crippen molar-refractivity contribution in [2.45, 2.75) is 78.6 Å². The molecule has 0 bridgehead atoms. The fourth-order valence-electron chi connectivity index (χ4n) is 11.2. The van der Waals surface area contributed by atoms with Crippen molar-refractivity contribution >= 4 is 78.9 Å². The number of benzene rings is 8. The van der Waals surface area contributed by atoms with Crippen molar-refractivity contribution in [1.82, 2.24) is 0 Å². The molecule has 4 heteroatoms. The van der Waals surface area contributed by atoms with E-state index in [4.69, 9.17) is 4.42 Å². The van der Waals surface area contributed by atoms with E-state index in [1.54, 1.807) is 0 Å². The Balaban J connectivity index is 1.28. The van der Waals surface area contributed by atoms with Crippen LogP contribution >= 0.6 is 0 Å². The molecule has 1 aliphatic carbocycles. The maximum atomic E-state index is 7.20. The van der Waals surface area contributed by atoms with Gasteiger partial charge in [-0.25, -0.2) is 0 Å². The molecule has 9 aromatic rings. The zero-order valence-corrected chi connectivity index (χ0v) is 37.2. The normalized spacial score (nSPS) is 14.9. The van der Waals surface area contributed by atoms with E-state index >= 15 is 0 Å². The van der Waals surface area contributed by atoms with E-state index in [0.29, 0.717) is 0 Å². The van der Waals surface area contributed by atoms with Gasteiger partial charge >= 0.3 is 6.85 Å². The van der Waals surface area contributed by atoms with Crippen molar-refractivity contribution in [3.63, 3.8) is 0 Å². The third kappa shape index (κ3) is 5.07. The molecule has 1 aromatic heterocycles. The van der Waals surface area contributed by atoms with Gasteiger partial charge in [-0.2, -0.15) is 0 Å². The Hall–Kier alpha value is -6.52. The molecular weight excluding hydrogens is 751 g/mol. The van der Waals surface area contributed by atoms with E-state index in [0.717, 1.165) is 27.6 Å². The van der Waals surface area contributed by atoms with Crippen LogP contribution in [0.25, 0.3) is 55.0 Å². The topological polar surface area (TPSA) is 19.6 Å². The lowest BCUT2D eigenvalue weighted by Crippen LogP contribution is -2.61. The molecule has 8 aromatic carbocycles. The molecule has 3 nitrogen and oxygen atoms in total. The van der Waals surface area contributed by atoms with E-state index in [9.17, 15) is 0 Å². The van der Waals surface area contributed by atoms with E-state index < -0.39 is 0 Å². The van der Waals surface area contributed by atoms with Crippen LogP contribution in [0.4, 0.5) is 28.4 Å². The lowest BCUT2D eigenvalue weighted by molar-refractivity contribution is 0.589. The predicted octanol–water partition coefficient (Wildman–Crippen LogP) is 14.7. The predicted molar refractivity (Wildman–Crippen MR) is 265 cm³/mol. The van der Waals surface area contributed by atoms with Crippen LogP contribution in [0, 0.1) is 6.92 Å². The first-order valence-electron chi connectivity index (χ1n) is 22.3. The Morgan fingerprint density at radius 1 is 0.548 bits per heavy atom. The summed E-state index contributed by atoms with van der Waals surface area (Å²) < 4.78 is 7.20. The van der Waals surface area contributed by atoms with Crippen molar-refractivity contribution in [1.29, 1.82) is 0 Å². The minimum Gasteiger partial charge on any atom is -0.454 e. The Bertz CT molecular complexity index is 3370. The number of para-hydroxylation sites is 1. The molecular formula is C58H51BN2O. The van der Waals surface area contributed by atoms with Gasteiger partial charge in [-0.3, -0.25) is 0 Å². The monoisotopic (exact) mass is 802 g/mol. The minimum atomic E-state index is -0.185. The van der Waals surface area contributed by atoms with Crippen LogP contribution < -0.4 is 20.6 Å². The third-order valence-electron chi connectivity index (χ3n) is 14.5. The molecule has 62 heavy (non-hydrogen) atoms. The SMILES string of the molecule is Cc1cc(C(C)(C)C)ccc1N1c2cc3c(cc2B2c4c(cc5c(oc6ccccc65)c41)-c1c(ccc4ccccc14)N2c1ccc(C(C)(C)C)cc1)-c1ccccc1C3(C)C. The lowest BCUT2D eigenvalue weighted by atomic mass is 9.43. The molecule has 302 valence electrons. The number of fused-ring (bicyclic) bond motifs is 13. The van der Waals surface area contributed by atoms with Crippen LogP contribution in [0.1, 0.15) is 83.2 Å². The number of nitrogens with zero attached hydrogens (tertiary/aromatic N) is 2. The van der Waals surface area contributed by atoms with Gasteiger partial charge in [-0.1, -0.05) is 159 Å². The van der Waals surface area contributed by atoms with Gasteiger partial charge in [0, 0.05) is 44.5 Å². The number of rotatable bonds is 2. The van der Waals surface area contributed by atoms with Crippen LogP contribution in [0.15, 0.2) is 150 Å². The molecule has 0 N–H and O–H groups in total. The summed E-state index contributed by atoms with van der Waals surface area (Å²) in [6.45, 7) is 20.7. The van der Waals surface area contributed by atoms with Crippen LogP contribution in [0.5, 0.6) is 0 Å². The lowest BCUT2D eigenvalue weighted by Gasteiger charge is -2.46. The molecule has 2 aliphatic heterocycles. The molecule has 0 saturated carbocycles. The van der Waals surface area contributed by atoms with E-state index in [2.05, 4.69) is 218 Å². The van der Waals surface area contributed by atoms with Crippen LogP contribution in [0.3, 0.4) is 0 Å². The van der Waals surface area contributed by atoms with Crippen molar-refractivity contribution in [2.24, 2.45) is 0 Å². The van der Waals surface area contributed by atoms with Gasteiger partial charge in [0.1, 0.15) is 5.58 Å². The highest BCUT2D eigenvalue weighted by molar-refractivity contribution is 6.94. The molecule has 12 rings (SSSR count). The second kappa shape index (κ2) is 12.5. The summed E-state index contributed by atoms with van der Waals surface area (Å²) >= 11 is 0. The first-order valence-corrected chi connectivity index (χ1v) is 22.3. The number of aryl methyl sites for hydroxylation is 1. The van der Waals surface area contributed by atoms with E-state index in [1.165, 1.54) is 94.5 Å². The zero-order valence-electron chi connectivity index (χ0n) is 37.2. The standard InChI is InChI=1S/C58H51BN2O/c1-34-30-37(57(5,6)7)25-29-48(34)60-50-33-46-42(40-18-12-14-20-45(40)58(46,8)9)32-47(50)59-53-44(31-43-41-19-13-15-21-51(41)62-55(43)54(53)60)52-39-17-11-10-16-35(39)22-28-49(52)61(59)38-26-23-36(24-27-38)56(2,3)4/h10-33H,1-9H3. The maximum Gasteiger partial charge on any atom is 0.333 e. The Labute approximate surface area is 365 Å². The summed E-state index contributed by atoms with van der Waals surface area (Å²) in [7, 11) is 0.